The lowest BCUT2D eigenvalue weighted by molar-refractivity contribution is -0.121. The molecule has 0 atom stereocenters. The van der Waals surface area contributed by atoms with E-state index in [1.165, 1.54) is 28.6 Å². The Hall–Kier alpha value is -2.31. The van der Waals surface area contributed by atoms with E-state index in [0.29, 0.717) is 31.9 Å². The molecule has 1 aliphatic heterocycles. The molecule has 1 saturated heterocycles. The van der Waals surface area contributed by atoms with Crippen LogP contribution in [-0.4, -0.2) is 70.7 Å². The van der Waals surface area contributed by atoms with Crippen LogP contribution in [0.3, 0.4) is 0 Å². The summed E-state index contributed by atoms with van der Waals surface area (Å²) in [5.74, 6) is -0.447. The number of ether oxygens (including phenoxy) is 1. The lowest BCUT2D eigenvalue weighted by Gasteiger charge is -2.26. The van der Waals surface area contributed by atoms with E-state index in [0.717, 1.165) is 9.87 Å². The molecule has 2 aromatic rings. The van der Waals surface area contributed by atoms with Crippen molar-refractivity contribution in [1.82, 2.24) is 13.9 Å². The molecule has 2 aromatic carbocycles. The van der Waals surface area contributed by atoms with Crippen molar-refractivity contribution in [3.63, 3.8) is 0 Å². The van der Waals surface area contributed by atoms with Gasteiger partial charge >= 0.3 is 0 Å². The number of sulfonamides is 2. The average Bonchev–Trinajstić information content (AvgIpc) is 2.82. The van der Waals surface area contributed by atoms with Gasteiger partial charge in [-0.2, -0.15) is 8.61 Å². The number of amides is 1. The maximum absolute atomic E-state index is 12.8. The van der Waals surface area contributed by atoms with Gasteiger partial charge in [-0.1, -0.05) is 36.8 Å². The highest BCUT2D eigenvalue weighted by molar-refractivity contribution is 7.89. The largest absolute Gasteiger partial charge is 0.379 e. The highest BCUT2D eigenvalue weighted by Gasteiger charge is 2.27. The van der Waals surface area contributed by atoms with Crippen molar-refractivity contribution in [3.05, 3.63) is 59.7 Å². The number of rotatable bonds is 9. The number of aryl methyl sites for hydroxylation is 1. The lowest BCUT2D eigenvalue weighted by Crippen LogP contribution is -2.40. The van der Waals surface area contributed by atoms with Gasteiger partial charge in [0, 0.05) is 26.2 Å². The molecule has 1 fully saturated rings. The molecule has 11 heteroatoms. The van der Waals surface area contributed by atoms with Crippen LogP contribution in [0.4, 0.5) is 0 Å². The van der Waals surface area contributed by atoms with Crippen LogP contribution in [0.15, 0.2) is 58.3 Å². The topological polar surface area (TPSA) is 113 Å². The van der Waals surface area contributed by atoms with Crippen molar-refractivity contribution in [2.45, 2.75) is 30.2 Å². The zero-order chi connectivity index (χ0) is 24.1. The molecule has 0 aromatic heterocycles. The van der Waals surface area contributed by atoms with Crippen LogP contribution >= 0.6 is 0 Å². The van der Waals surface area contributed by atoms with E-state index in [1.807, 2.05) is 6.92 Å². The van der Waals surface area contributed by atoms with Gasteiger partial charge in [0.05, 0.1) is 29.5 Å². The molecule has 33 heavy (non-hydrogen) atoms. The fourth-order valence-corrected chi connectivity index (χ4v) is 6.17. The average molecular weight is 496 g/mol. The van der Waals surface area contributed by atoms with Crippen LogP contribution in [-0.2, 0) is 36.1 Å². The molecule has 9 nitrogen and oxygen atoms in total. The number of carbonyl (C=O) groups is 1. The van der Waals surface area contributed by atoms with Crippen LogP contribution in [0.5, 0.6) is 0 Å². The molecule has 3 rings (SSSR count). The van der Waals surface area contributed by atoms with Crippen LogP contribution in [0.2, 0.25) is 0 Å². The second-order valence-electron chi connectivity index (χ2n) is 7.68. The van der Waals surface area contributed by atoms with Crippen LogP contribution in [0.1, 0.15) is 18.1 Å². The highest BCUT2D eigenvalue weighted by atomic mass is 32.2. The maximum Gasteiger partial charge on any atom is 0.243 e. The van der Waals surface area contributed by atoms with Crippen molar-refractivity contribution in [2.75, 3.05) is 39.4 Å². The minimum Gasteiger partial charge on any atom is -0.379 e. The zero-order valence-electron chi connectivity index (χ0n) is 18.7. The van der Waals surface area contributed by atoms with E-state index in [-0.39, 0.29) is 29.4 Å². The quantitative estimate of drug-likeness (QED) is 0.562. The molecule has 0 radical (unpaired) electrons. The maximum atomic E-state index is 12.8. The summed E-state index contributed by atoms with van der Waals surface area (Å²) in [6, 6.07) is 12.8. The van der Waals surface area contributed by atoms with Crippen LogP contribution in [0, 0.1) is 6.92 Å². The Balaban J connectivity index is 1.59. The van der Waals surface area contributed by atoms with E-state index in [2.05, 4.69) is 5.32 Å². The predicted octanol–water partition coefficient (Wildman–Crippen LogP) is 1.34. The van der Waals surface area contributed by atoms with Gasteiger partial charge in [-0.05, 0) is 36.8 Å². The fourth-order valence-electron chi connectivity index (χ4n) is 3.36. The first kappa shape index (κ1) is 25.3. The Labute approximate surface area is 195 Å². The molecule has 1 amide bonds. The number of likely N-dealkylation sites (N-methyl/N-ethyl adjacent to an activating group) is 1. The zero-order valence-corrected chi connectivity index (χ0v) is 20.4. The van der Waals surface area contributed by atoms with Gasteiger partial charge in [-0.25, -0.2) is 16.8 Å². The summed E-state index contributed by atoms with van der Waals surface area (Å²) in [6.07, 6.45) is 0. The molecular formula is C22H29N3O6S2. The molecule has 1 N–H and O–H groups in total. The van der Waals surface area contributed by atoms with Gasteiger partial charge in [-0.15, -0.1) is 0 Å². The molecule has 1 aliphatic rings. The van der Waals surface area contributed by atoms with Gasteiger partial charge in [0.1, 0.15) is 0 Å². The van der Waals surface area contributed by atoms with Crippen molar-refractivity contribution in [2.24, 2.45) is 0 Å². The second-order valence-corrected chi connectivity index (χ2v) is 11.6. The lowest BCUT2D eigenvalue weighted by atomic mass is 10.2. The van der Waals surface area contributed by atoms with Crippen LogP contribution in [0.25, 0.3) is 0 Å². The monoisotopic (exact) mass is 495 g/mol. The smallest absolute Gasteiger partial charge is 0.243 e. The molecule has 0 unspecified atom stereocenters. The molecule has 0 spiro atoms. The summed E-state index contributed by atoms with van der Waals surface area (Å²) >= 11 is 0. The number of benzene rings is 2. The van der Waals surface area contributed by atoms with Crippen molar-refractivity contribution in [3.8, 4) is 0 Å². The number of nitrogens with one attached hydrogen (secondary N) is 1. The van der Waals surface area contributed by atoms with E-state index >= 15 is 0 Å². The first-order chi connectivity index (χ1) is 15.6. The van der Waals surface area contributed by atoms with Gasteiger partial charge < -0.3 is 10.1 Å². The van der Waals surface area contributed by atoms with Crippen LogP contribution < -0.4 is 5.32 Å². The minimum absolute atomic E-state index is 0.139. The minimum atomic E-state index is -3.79. The van der Waals surface area contributed by atoms with Gasteiger partial charge in [0.15, 0.2) is 0 Å². The van der Waals surface area contributed by atoms with E-state index in [4.69, 9.17) is 4.74 Å². The molecular weight excluding hydrogens is 466 g/mol. The molecule has 0 aliphatic carbocycles. The predicted molar refractivity (Wildman–Crippen MR) is 123 cm³/mol. The number of carbonyl (C=O) groups excluding carboxylic acids is 1. The Bertz CT molecular complexity index is 1160. The van der Waals surface area contributed by atoms with Crippen molar-refractivity contribution < 1.29 is 26.4 Å². The van der Waals surface area contributed by atoms with Crippen molar-refractivity contribution in [1.29, 1.82) is 0 Å². The fraction of sp³-hybridized carbons (Fsp3) is 0.409. The SMILES string of the molecule is CCN(CC(=O)NCc1ccc(S(=O)(=O)N2CCOCC2)cc1)S(=O)(=O)c1ccc(C)cc1. The summed E-state index contributed by atoms with van der Waals surface area (Å²) in [7, 11) is -7.37. The third-order valence-electron chi connectivity index (χ3n) is 5.35. The number of nitrogens with zero attached hydrogens (tertiary/aromatic N) is 2. The summed E-state index contributed by atoms with van der Waals surface area (Å²) in [5.41, 5.74) is 1.65. The Kier molecular flexibility index (Phi) is 8.24. The molecule has 0 saturated carbocycles. The molecule has 180 valence electrons. The van der Waals surface area contributed by atoms with Gasteiger partial charge in [0.2, 0.25) is 26.0 Å². The first-order valence-electron chi connectivity index (χ1n) is 10.6. The summed E-state index contributed by atoms with van der Waals surface area (Å²) in [5, 5.41) is 2.70. The summed E-state index contributed by atoms with van der Waals surface area (Å²) in [6.45, 7) is 4.92. The molecule has 1 heterocycles. The Morgan fingerprint density at radius 3 is 2.12 bits per heavy atom. The standard InChI is InChI=1S/C22H29N3O6S2/c1-3-24(32(27,28)20-8-4-18(2)5-9-20)17-22(26)23-16-19-6-10-21(11-7-19)33(29,30)25-12-14-31-15-13-25/h4-11H,3,12-17H2,1-2H3,(H,23,26). The third-order valence-corrected chi connectivity index (χ3v) is 9.20. The third kappa shape index (κ3) is 6.18. The Morgan fingerprint density at radius 1 is 0.970 bits per heavy atom. The number of hydrogen-bond donors (Lipinski definition) is 1. The Morgan fingerprint density at radius 2 is 1.55 bits per heavy atom. The van der Waals surface area contributed by atoms with Gasteiger partial charge in [0.25, 0.3) is 0 Å². The van der Waals surface area contributed by atoms with E-state index < -0.39 is 26.0 Å². The van der Waals surface area contributed by atoms with E-state index in [9.17, 15) is 21.6 Å². The normalized spacial score (nSPS) is 15.5. The first-order valence-corrected chi connectivity index (χ1v) is 13.5. The molecule has 0 bridgehead atoms. The highest BCUT2D eigenvalue weighted by Crippen LogP contribution is 2.18. The van der Waals surface area contributed by atoms with Crippen molar-refractivity contribution >= 4 is 26.0 Å². The van der Waals surface area contributed by atoms with E-state index in [1.54, 1.807) is 31.2 Å². The summed E-state index contributed by atoms with van der Waals surface area (Å²) < 4.78 is 58.7. The summed E-state index contributed by atoms with van der Waals surface area (Å²) in [4.78, 5) is 12.7. The second kappa shape index (κ2) is 10.7. The number of morpholine rings is 1. The van der Waals surface area contributed by atoms with Gasteiger partial charge in [-0.3, -0.25) is 4.79 Å². The number of hydrogen-bond acceptors (Lipinski definition) is 6.